The molecule has 6 nitrogen and oxygen atoms in total. The van der Waals surface area contributed by atoms with Crippen LogP contribution in [-0.2, 0) is 6.54 Å². The number of benzene rings is 2. The van der Waals surface area contributed by atoms with Gasteiger partial charge in [-0.2, -0.15) is 0 Å². The third-order valence-electron chi connectivity index (χ3n) is 5.68. The molecular weight excluding hydrogens is 378 g/mol. The molecule has 1 saturated carbocycles. The summed E-state index contributed by atoms with van der Waals surface area (Å²) in [6.45, 7) is 4.50. The Morgan fingerprint density at radius 1 is 1.13 bits per heavy atom. The first-order valence-electron chi connectivity index (χ1n) is 11.0. The van der Waals surface area contributed by atoms with E-state index in [4.69, 9.17) is 4.74 Å². The fourth-order valence-corrected chi connectivity index (χ4v) is 4.14. The summed E-state index contributed by atoms with van der Waals surface area (Å²) in [5.41, 5.74) is 1.84. The highest BCUT2D eigenvalue weighted by molar-refractivity contribution is 5.51. The average Bonchev–Trinajstić information content (AvgIpc) is 2.73. The number of hydrogen-bond donors (Lipinski definition) is 1. The summed E-state index contributed by atoms with van der Waals surface area (Å²) in [4.78, 5) is 13.2. The summed E-state index contributed by atoms with van der Waals surface area (Å²) >= 11 is 0. The number of nitro groups is 1. The predicted molar refractivity (Wildman–Crippen MR) is 121 cm³/mol. The molecule has 0 spiro atoms. The Hall–Kier alpha value is -2.60. The number of ether oxygens (including phenoxy) is 1. The van der Waals surface area contributed by atoms with Crippen LogP contribution in [0.2, 0.25) is 0 Å². The van der Waals surface area contributed by atoms with Gasteiger partial charge in [0.25, 0.3) is 5.69 Å². The number of nitrogens with zero attached hydrogens (tertiary/aromatic N) is 2. The van der Waals surface area contributed by atoms with Gasteiger partial charge in [0.2, 0.25) is 0 Å². The highest BCUT2D eigenvalue weighted by Gasteiger charge is 2.17. The summed E-state index contributed by atoms with van der Waals surface area (Å²) in [6.07, 6.45) is 7.66. The van der Waals surface area contributed by atoms with Crippen LogP contribution in [0.5, 0.6) is 11.5 Å². The first-order chi connectivity index (χ1) is 14.5. The minimum atomic E-state index is -0.325. The van der Waals surface area contributed by atoms with Crippen molar-refractivity contribution in [2.45, 2.75) is 52.0 Å². The van der Waals surface area contributed by atoms with Gasteiger partial charge in [-0.1, -0.05) is 32.3 Å². The summed E-state index contributed by atoms with van der Waals surface area (Å²) in [5.74, 6) is 2.09. The Kier molecular flexibility index (Phi) is 8.08. The van der Waals surface area contributed by atoms with Gasteiger partial charge in [-0.05, 0) is 63.0 Å². The highest BCUT2D eigenvalue weighted by atomic mass is 16.6. The molecule has 0 aromatic heterocycles. The lowest BCUT2D eigenvalue weighted by Crippen LogP contribution is -2.19. The van der Waals surface area contributed by atoms with E-state index in [1.54, 1.807) is 12.1 Å². The van der Waals surface area contributed by atoms with Gasteiger partial charge in [-0.25, -0.2) is 0 Å². The molecular formula is C24H33N3O3. The van der Waals surface area contributed by atoms with Gasteiger partial charge in [0.1, 0.15) is 11.5 Å². The minimum Gasteiger partial charge on any atom is -0.457 e. The number of rotatable bonds is 10. The van der Waals surface area contributed by atoms with Gasteiger partial charge in [-0.15, -0.1) is 0 Å². The Bertz CT molecular complexity index is 834. The summed E-state index contributed by atoms with van der Waals surface area (Å²) < 4.78 is 6.05. The van der Waals surface area contributed by atoms with Crippen LogP contribution < -0.4 is 10.1 Å². The van der Waals surface area contributed by atoms with Crippen LogP contribution >= 0.6 is 0 Å². The largest absolute Gasteiger partial charge is 0.457 e. The normalized spacial score (nSPS) is 14.6. The molecule has 30 heavy (non-hydrogen) atoms. The van der Waals surface area contributed by atoms with E-state index in [9.17, 15) is 10.1 Å². The highest BCUT2D eigenvalue weighted by Crippen LogP contribution is 2.30. The first-order valence-corrected chi connectivity index (χ1v) is 11.0. The lowest BCUT2D eigenvalue weighted by Gasteiger charge is -2.22. The molecule has 0 amide bonds. The molecule has 0 atom stereocenters. The standard InChI is InChI=1S/C24H33N3O3/c1-3-14-26(2)18-20-15-23(12-13-24(20)27(28)29)30-22-11-7-10-21(16-22)25-17-19-8-5-4-6-9-19/h7,10-13,15-16,19,25H,3-6,8-9,14,17-18H2,1-2H3. The maximum absolute atomic E-state index is 11.4. The Labute approximate surface area is 179 Å². The van der Waals surface area contributed by atoms with Gasteiger partial charge >= 0.3 is 0 Å². The maximum Gasteiger partial charge on any atom is 0.274 e. The molecule has 1 aliphatic rings. The molecule has 1 fully saturated rings. The van der Waals surface area contributed by atoms with Crippen LogP contribution in [0.1, 0.15) is 51.0 Å². The van der Waals surface area contributed by atoms with Crippen molar-refractivity contribution in [2.24, 2.45) is 5.92 Å². The Balaban J connectivity index is 1.68. The fourth-order valence-electron chi connectivity index (χ4n) is 4.14. The van der Waals surface area contributed by atoms with Crippen molar-refractivity contribution in [3.8, 4) is 11.5 Å². The lowest BCUT2D eigenvalue weighted by molar-refractivity contribution is -0.385. The van der Waals surface area contributed by atoms with Crippen molar-refractivity contribution < 1.29 is 9.66 Å². The molecule has 2 aromatic rings. The summed E-state index contributed by atoms with van der Waals surface area (Å²) in [5, 5.41) is 15.0. The van der Waals surface area contributed by atoms with Crippen molar-refractivity contribution in [3.05, 3.63) is 58.1 Å². The molecule has 3 rings (SSSR count). The van der Waals surface area contributed by atoms with Crippen LogP contribution in [0, 0.1) is 16.0 Å². The van der Waals surface area contributed by atoms with Crippen molar-refractivity contribution in [1.82, 2.24) is 4.90 Å². The molecule has 0 aliphatic heterocycles. The molecule has 0 radical (unpaired) electrons. The number of anilines is 1. The molecule has 162 valence electrons. The SMILES string of the molecule is CCCN(C)Cc1cc(Oc2cccc(NCC3CCCCC3)c2)ccc1[N+](=O)[O-]. The zero-order valence-corrected chi connectivity index (χ0v) is 18.1. The maximum atomic E-state index is 11.4. The van der Waals surface area contributed by atoms with E-state index in [-0.39, 0.29) is 10.6 Å². The van der Waals surface area contributed by atoms with Crippen LogP contribution in [-0.4, -0.2) is 30.0 Å². The van der Waals surface area contributed by atoms with Gasteiger partial charge in [0, 0.05) is 36.5 Å². The summed E-state index contributed by atoms with van der Waals surface area (Å²) in [6, 6.07) is 12.9. The third kappa shape index (κ3) is 6.46. The molecule has 1 aliphatic carbocycles. The number of nitrogens with one attached hydrogen (secondary N) is 1. The molecule has 1 N–H and O–H groups in total. The van der Waals surface area contributed by atoms with Gasteiger partial charge in [0.05, 0.1) is 4.92 Å². The van der Waals surface area contributed by atoms with Crippen molar-refractivity contribution >= 4 is 11.4 Å². The topological polar surface area (TPSA) is 67.6 Å². The second-order valence-corrected chi connectivity index (χ2v) is 8.30. The molecule has 0 heterocycles. The van der Waals surface area contributed by atoms with E-state index in [1.807, 2.05) is 25.2 Å². The van der Waals surface area contributed by atoms with Crippen molar-refractivity contribution in [3.63, 3.8) is 0 Å². The molecule has 6 heteroatoms. The molecule has 0 saturated heterocycles. The predicted octanol–water partition coefficient (Wildman–Crippen LogP) is 6.22. The van der Waals surface area contributed by atoms with Crippen LogP contribution in [0.4, 0.5) is 11.4 Å². The van der Waals surface area contributed by atoms with E-state index >= 15 is 0 Å². The van der Waals surface area contributed by atoms with Gasteiger partial charge < -0.3 is 15.0 Å². The first kappa shape index (κ1) is 22.1. The van der Waals surface area contributed by atoms with E-state index in [2.05, 4.69) is 23.2 Å². The minimum absolute atomic E-state index is 0.133. The van der Waals surface area contributed by atoms with Gasteiger partial charge in [0.15, 0.2) is 0 Å². The van der Waals surface area contributed by atoms with Gasteiger partial charge in [-0.3, -0.25) is 10.1 Å². The number of nitro benzene ring substituents is 1. The van der Waals surface area contributed by atoms with E-state index in [1.165, 1.54) is 38.2 Å². The summed E-state index contributed by atoms with van der Waals surface area (Å²) in [7, 11) is 1.97. The Morgan fingerprint density at radius 2 is 1.90 bits per heavy atom. The molecule has 2 aromatic carbocycles. The number of hydrogen-bond acceptors (Lipinski definition) is 5. The van der Waals surface area contributed by atoms with Crippen LogP contribution in [0.15, 0.2) is 42.5 Å². The second-order valence-electron chi connectivity index (χ2n) is 8.30. The second kappa shape index (κ2) is 11.0. The van der Waals surface area contributed by atoms with E-state index < -0.39 is 0 Å². The monoisotopic (exact) mass is 411 g/mol. The van der Waals surface area contributed by atoms with Crippen molar-refractivity contribution in [2.75, 3.05) is 25.5 Å². The smallest absolute Gasteiger partial charge is 0.274 e. The quantitative estimate of drug-likeness (QED) is 0.371. The lowest BCUT2D eigenvalue weighted by atomic mass is 9.89. The van der Waals surface area contributed by atoms with Crippen LogP contribution in [0.25, 0.3) is 0 Å². The molecule has 0 unspecified atom stereocenters. The zero-order valence-electron chi connectivity index (χ0n) is 18.1. The fraction of sp³-hybridized carbons (Fsp3) is 0.500. The molecule has 0 bridgehead atoms. The Morgan fingerprint density at radius 3 is 2.63 bits per heavy atom. The zero-order chi connectivity index (χ0) is 21.3. The third-order valence-corrected chi connectivity index (χ3v) is 5.68. The van der Waals surface area contributed by atoms with Crippen LogP contribution in [0.3, 0.4) is 0 Å². The average molecular weight is 412 g/mol. The van der Waals surface area contributed by atoms with Crippen molar-refractivity contribution in [1.29, 1.82) is 0 Å². The van der Waals surface area contributed by atoms with E-state index in [0.29, 0.717) is 17.9 Å². The van der Waals surface area contributed by atoms with E-state index in [0.717, 1.165) is 36.9 Å².